The lowest BCUT2D eigenvalue weighted by atomic mass is 10.1. The van der Waals surface area contributed by atoms with Gasteiger partial charge < -0.3 is 15.4 Å². The molecule has 0 unspecified atom stereocenters. The predicted molar refractivity (Wildman–Crippen MR) is 112 cm³/mol. The monoisotopic (exact) mass is 387 g/mol. The molecule has 0 fully saturated rings. The first kappa shape index (κ1) is 19.8. The van der Waals surface area contributed by atoms with Gasteiger partial charge in [0, 0.05) is 12.6 Å². The number of aromatic nitrogens is 2. The largest absolute Gasteiger partial charge is 0.424 e. The lowest BCUT2D eigenvalue weighted by Crippen LogP contribution is -2.10. The molecule has 0 saturated heterocycles. The summed E-state index contributed by atoms with van der Waals surface area (Å²) in [5, 5.41) is 14.8. The highest BCUT2D eigenvalue weighted by atomic mass is 16.5. The topological polar surface area (TPSA) is 99.9 Å². The van der Waals surface area contributed by atoms with Crippen molar-refractivity contribution in [2.75, 3.05) is 10.6 Å². The Morgan fingerprint density at radius 2 is 1.76 bits per heavy atom. The molecule has 146 valence electrons. The third-order valence-electron chi connectivity index (χ3n) is 4.15. The number of nitrogens with one attached hydrogen (secondary N) is 2. The van der Waals surface area contributed by atoms with Crippen molar-refractivity contribution in [1.29, 1.82) is 5.26 Å². The van der Waals surface area contributed by atoms with Crippen molar-refractivity contribution in [2.45, 2.75) is 27.7 Å². The average Bonchev–Trinajstić information content (AvgIpc) is 2.67. The molecule has 1 amide bonds. The molecule has 3 aromatic rings. The van der Waals surface area contributed by atoms with Gasteiger partial charge in [0.05, 0.1) is 17.8 Å². The summed E-state index contributed by atoms with van der Waals surface area (Å²) < 4.78 is 5.95. The second-order valence-corrected chi connectivity index (χ2v) is 6.74. The summed E-state index contributed by atoms with van der Waals surface area (Å²) >= 11 is 0. The summed E-state index contributed by atoms with van der Waals surface area (Å²) in [7, 11) is 0. The van der Waals surface area contributed by atoms with Gasteiger partial charge in [-0.25, -0.2) is 4.98 Å². The number of carbonyl (C=O) groups is 1. The van der Waals surface area contributed by atoms with Gasteiger partial charge in [-0.3, -0.25) is 4.79 Å². The van der Waals surface area contributed by atoms with Crippen LogP contribution in [0.1, 0.15) is 29.2 Å². The fourth-order valence-corrected chi connectivity index (χ4v) is 2.98. The maximum Gasteiger partial charge on any atom is 0.324 e. The molecule has 2 N–H and O–H groups in total. The van der Waals surface area contributed by atoms with Crippen molar-refractivity contribution in [2.24, 2.45) is 0 Å². The zero-order valence-electron chi connectivity index (χ0n) is 16.7. The maximum absolute atomic E-state index is 11.5. The molecule has 0 aliphatic carbocycles. The van der Waals surface area contributed by atoms with Crippen LogP contribution in [0.15, 0.2) is 42.6 Å². The van der Waals surface area contributed by atoms with Gasteiger partial charge in [-0.05, 0) is 56.2 Å². The van der Waals surface area contributed by atoms with Crippen LogP contribution in [0, 0.1) is 32.1 Å². The summed E-state index contributed by atoms with van der Waals surface area (Å²) in [6.07, 6.45) is 1.49. The average molecular weight is 387 g/mol. The number of ether oxygens (including phenoxy) is 1. The van der Waals surface area contributed by atoms with E-state index >= 15 is 0 Å². The van der Waals surface area contributed by atoms with Crippen LogP contribution in [-0.2, 0) is 4.79 Å². The highest BCUT2D eigenvalue weighted by Gasteiger charge is 2.13. The van der Waals surface area contributed by atoms with E-state index in [1.165, 1.54) is 13.1 Å². The minimum Gasteiger partial charge on any atom is -0.424 e. The molecular weight excluding hydrogens is 366 g/mol. The van der Waals surface area contributed by atoms with Crippen LogP contribution in [0.5, 0.6) is 11.8 Å². The predicted octanol–water partition coefficient (Wildman–Crippen LogP) is 4.77. The number of carbonyl (C=O) groups excluding carboxylic acids is 1. The Kier molecular flexibility index (Phi) is 5.74. The number of nitriles is 1. The maximum atomic E-state index is 11.5. The van der Waals surface area contributed by atoms with Crippen LogP contribution < -0.4 is 15.4 Å². The Morgan fingerprint density at radius 1 is 1.10 bits per heavy atom. The standard InChI is InChI=1S/C22H21N5O2/c1-13-9-14(2)20(15(3)10-13)29-22-24-12-19(25-16(4)28)21(27-22)26-18-7-5-17(11-23)6-8-18/h5-10,12H,1-4H3,(H,25,28)(H,24,26,27). The van der Waals surface area contributed by atoms with Crippen LogP contribution in [0.3, 0.4) is 0 Å². The third kappa shape index (κ3) is 4.87. The van der Waals surface area contributed by atoms with Crippen LogP contribution in [-0.4, -0.2) is 15.9 Å². The van der Waals surface area contributed by atoms with E-state index in [2.05, 4.69) is 26.7 Å². The minimum absolute atomic E-state index is 0.158. The molecule has 0 aliphatic heterocycles. The van der Waals surface area contributed by atoms with Crippen molar-refractivity contribution in [1.82, 2.24) is 9.97 Å². The van der Waals surface area contributed by atoms with E-state index in [0.29, 0.717) is 28.5 Å². The molecule has 0 atom stereocenters. The van der Waals surface area contributed by atoms with Gasteiger partial charge in [0.15, 0.2) is 5.82 Å². The van der Waals surface area contributed by atoms with Gasteiger partial charge in [-0.15, -0.1) is 0 Å². The Morgan fingerprint density at radius 3 is 2.34 bits per heavy atom. The molecule has 1 aromatic heterocycles. The van der Waals surface area contributed by atoms with Crippen molar-refractivity contribution in [3.8, 4) is 17.8 Å². The van der Waals surface area contributed by atoms with Crippen molar-refractivity contribution in [3.63, 3.8) is 0 Å². The molecule has 7 nitrogen and oxygen atoms in total. The molecule has 0 radical (unpaired) electrons. The van der Waals surface area contributed by atoms with E-state index in [0.717, 1.165) is 16.7 Å². The van der Waals surface area contributed by atoms with Crippen LogP contribution in [0.25, 0.3) is 0 Å². The quantitative estimate of drug-likeness (QED) is 0.654. The zero-order chi connectivity index (χ0) is 21.0. The van der Waals surface area contributed by atoms with Gasteiger partial charge in [-0.1, -0.05) is 17.7 Å². The smallest absolute Gasteiger partial charge is 0.324 e. The number of hydrogen-bond donors (Lipinski definition) is 2. The molecule has 29 heavy (non-hydrogen) atoms. The molecule has 0 spiro atoms. The normalized spacial score (nSPS) is 10.2. The minimum atomic E-state index is -0.240. The van der Waals surface area contributed by atoms with E-state index in [9.17, 15) is 4.79 Å². The van der Waals surface area contributed by atoms with Gasteiger partial charge >= 0.3 is 6.01 Å². The van der Waals surface area contributed by atoms with Crippen molar-refractivity contribution < 1.29 is 9.53 Å². The summed E-state index contributed by atoms with van der Waals surface area (Å²) in [5.74, 6) is 0.847. The van der Waals surface area contributed by atoms with Crippen LogP contribution in [0.4, 0.5) is 17.2 Å². The molecule has 2 aromatic carbocycles. The second-order valence-electron chi connectivity index (χ2n) is 6.74. The van der Waals surface area contributed by atoms with Crippen LogP contribution >= 0.6 is 0 Å². The number of aryl methyl sites for hydroxylation is 3. The molecule has 0 bridgehead atoms. The first-order valence-corrected chi connectivity index (χ1v) is 9.03. The van der Waals surface area contributed by atoms with E-state index in [-0.39, 0.29) is 11.9 Å². The molecule has 7 heteroatoms. The SMILES string of the molecule is CC(=O)Nc1cnc(Oc2c(C)cc(C)cc2C)nc1Nc1ccc(C#N)cc1. The zero-order valence-corrected chi connectivity index (χ0v) is 16.7. The van der Waals surface area contributed by atoms with Gasteiger partial charge in [0.25, 0.3) is 0 Å². The fraction of sp³-hybridized carbons (Fsp3) is 0.182. The fourth-order valence-electron chi connectivity index (χ4n) is 2.98. The molecule has 0 saturated carbocycles. The number of anilines is 3. The van der Waals surface area contributed by atoms with Gasteiger partial charge in [0.2, 0.25) is 5.91 Å². The van der Waals surface area contributed by atoms with Gasteiger partial charge in [0.1, 0.15) is 11.4 Å². The molecule has 0 aliphatic rings. The highest BCUT2D eigenvalue weighted by molar-refractivity contribution is 5.92. The van der Waals surface area contributed by atoms with E-state index in [4.69, 9.17) is 10.00 Å². The molecular formula is C22H21N5O2. The number of amides is 1. The Bertz CT molecular complexity index is 1080. The third-order valence-corrected chi connectivity index (χ3v) is 4.15. The second kappa shape index (κ2) is 8.40. The Hall–Kier alpha value is -3.92. The summed E-state index contributed by atoms with van der Waals surface area (Å²) in [6, 6.07) is 13.2. The molecule has 3 rings (SSSR count). The first-order chi connectivity index (χ1) is 13.9. The van der Waals surface area contributed by atoms with Gasteiger partial charge in [-0.2, -0.15) is 10.2 Å². The first-order valence-electron chi connectivity index (χ1n) is 9.03. The lowest BCUT2D eigenvalue weighted by molar-refractivity contribution is -0.114. The van der Waals surface area contributed by atoms with E-state index in [1.807, 2.05) is 32.9 Å². The van der Waals surface area contributed by atoms with Crippen molar-refractivity contribution in [3.05, 3.63) is 64.8 Å². The summed E-state index contributed by atoms with van der Waals surface area (Å²) in [6.45, 7) is 7.38. The Labute approximate surface area is 169 Å². The summed E-state index contributed by atoms with van der Waals surface area (Å²) in [4.78, 5) is 20.2. The number of hydrogen-bond acceptors (Lipinski definition) is 6. The van der Waals surface area contributed by atoms with E-state index in [1.54, 1.807) is 24.3 Å². The number of benzene rings is 2. The summed E-state index contributed by atoms with van der Waals surface area (Å²) in [5.41, 5.74) is 4.80. The lowest BCUT2D eigenvalue weighted by Gasteiger charge is -2.15. The number of nitrogens with zero attached hydrogens (tertiary/aromatic N) is 3. The molecule has 1 heterocycles. The van der Waals surface area contributed by atoms with Crippen LogP contribution in [0.2, 0.25) is 0 Å². The van der Waals surface area contributed by atoms with E-state index < -0.39 is 0 Å². The highest BCUT2D eigenvalue weighted by Crippen LogP contribution is 2.31. The number of rotatable bonds is 5. The van der Waals surface area contributed by atoms with Crippen molar-refractivity contribution >= 4 is 23.1 Å². The Balaban J connectivity index is 1.95.